The van der Waals surface area contributed by atoms with E-state index in [9.17, 15) is 9.59 Å². The molecule has 0 saturated heterocycles. The zero-order valence-corrected chi connectivity index (χ0v) is 6.25. The molecule has 0 spiro atoms. The summed E-state index contributed by atoms with van der Waals surface area (Å²) in [4.78, 5) is 19.1. The van der Waals surface area contributed by atoms with Crippen LogP contribution in [0, 0.1) is 0 Å². The molecule has 1 N–H and O–H groups in total. The van der Waals surface area contributed by atoms with E-state index in [-0.39, 0.29) is 24.0 Å². The summed E-state index contributed by atoms with van der Waals surface area (Å²) in [5.41, 5.74) is 0. The first kappa shape index (κ1) is 17.1. The molecule has 0 radical (unpaired) electrons. The van der Waals surface area contributed by atoms with Crippen LogP contribution < -0.4 is 0 Å². The number of hydrogen-bond acceptors (Lipinski definition) is 3. The number of hydrogen-bond donors (Lipinski definition) is 1. The van der Waals surface area contributed by atoms with Crippen LogP contribution in [-0.2, 0) is 9.59 Å². The Kier molecular flexibility index (Phi) is 35.0. The van der Waals surface area contributed by atoms with E-state index in [1.54, 1.807) is 6.92 Å². The molecule has 4 heteroatoms. The fraction of sp³-hybridized carbons (Fsp3) is 0.714. The molecule has 0 aromatic rings. The van der Waals surface area contributed by atoms with Gasteiger partial charge in [0.25, 0.3) is 0 Å². The predicted molar refractivity (Wildman–Crippen MR) is 48.7 cm³/mol. The minimum Gasteiger partial charge on any atom is -0.397 e. The first-order valence-corrected chi connectivity index (χ1v) is 3.31. The monoisotopic (exact) mass is 176 g/mol. The molecule has 0 rings (SSSR count). The maximum absolute atomic E-state index is 9.56. The highest BCUT2D eigenvalue weighted by atomic mass is 27.0. The third-order valence-corrected chi connectivity index (χ3v) is 0.644. The number of aldehydes is 2. The highest BCUT2D eigenvalue weighted by Crippen LogP contribution is 1.85. The zero-order valence-electron chi connectivity index (χ0n) is 6.25. The fourth-order valence-corrected chi connectivity index (χ4v) is 0.285. The van der Waals surface area contributed by atoms with E-state index in [0.29, 0.717) is 19.3 Å². The first-order valence-electron chi connectivity index (χ1n) is 3.31. The van der Waals surface area contributed by atoms with Crippen molar-refractivity contribution in [3.05, 3.63) is 0 Å². The second-order valence-electron chi connectivity index (χ2n) is 1.58. The lowest BCUT2D eigenvalue weighted by atomic mass is 10.3. The van der Waals surface area contributed by atoms with E-state index in [2.05, 4.69) is 0 Å². The number of rotatable bonds is 4. The molecule has 66 valence electrons. The molecular formula is C7H17AlO3. The van der Waals surface area contributed by atoms with Crippen LogP contribution >= 0.6 is 0 Å². The third-order valence-electron chi connectivity index (χ3n) is 0.644. The van der Waals surface area contributed by atoms with E-state index in [0.717, 1.165) is 12.6 Å². The number of unbranched alkanes of at least 4 members (excludes halogenated alkanes) is 2. The highest BCUT2D eigenvalue weighted by molar-refractivity contribution is 5.75. The molecule has 0 saturated carbocycles. The lowest BCUT2D eigenvalue weighted by Gasteiger charge is -1.78. The van der Waals surface area contributed by atoms with Gasteiger partial charge in [0.15, 0.2) is 17.4 Å². The lowest BCUT2D eigenvalue weighted by molar-refractivity contribution is -0.108. The minimum absolute atomic E-state index is 0. The van der Waals surface area contributed by atoms with Crippen molar-refractivity contribution in [1.82, 2.24) is 0 Å². The Morgan fingerprint density at radius 2 is 1.45 bits per heavy atom. The normalized spacial score (nSPS) is 6.73. The Bertz CT molecular complexity index is 68.1. The van der Waals surface area contributed by atoms with Crippen LogP contribution in [0.15, 0.2) is 0 Å². The summed E-state index contributed by atoms with van der Waals surface area (Å²) in [7, 11) is 0. The van der Waals surface area contributed by atoms with Gasteiger partial charge in [0.05, 0.1) is 0 Å². The van der Waals surface area contributed by atoms with E-state index in [1.807, 2.05) is 0 Å². The minimum atomic E-state index is 0. The second-order valence-corrected chi connectivity index (χ2v) is 1.58. The van der Waals surface area contributed by atoms with E-state index in [4.69, 9.17) is 5.11 Å². The molecule has 0 aliphatic rings. The van der Waals surface area contributed by atoms with Crippen molar-refractivity contribution in [2.24, 2.45) is 0 Å². The van der Waals surface area contributed by atoms with Gasteiger partial charge in [0.1, 0.15) is 12.6 Å². The molecule has 0 unspecified atom stereocenters. The zero-order chi connectivity index (χ0) is 8.24. The largest absolute Gasteiger partial charge is 0.397 e. The Morgan fingerprint density at radius 1 is 1.18 bits per heavy atom. The van der Waals surface area contributed by atoms with Gasteiger partial charge in [0, 0.05) is 19.4 Å². The number of carbonyl (C=O) groups is 2. The molecule has 3 nitrogen and oxygen atoms in total. The van der Waals surface area contributed by atoms with Crippen LogP contribution in [0.4, 0.5) is 0 Å². The van der Waals surface area contributed by atoms with E-state index >= 15 is 0 Å². The van der Waals surface area contributed by atoms with Gasteiger partial charge in [-0.3, -0.25) is 0 Å². The highest BCUT2D eigenvalue weighted by Gasteiger charge is 1.80. The first-order chi connectivity index (χ1) is 4.83. The SMILES string of the molecule is CCO.O=CCCCC=O.[AlH3]. The van der Waals surface area contributed by atoms with E-state index < -0.39 is 0 Å². The predicted octanol–water partition coefficient (Wildman–Crippen LogP) is -0.631. The molecule has 0 aromatic carbocycles. The van der Waals surface area contributed by atoms with Crippen LogP contribution in [-0.4, -0.2) is 41.6 Å². The average Bonchev–Trinajstić information content (AvgIpc) is 1.91. The van der Waals surface area contributed by atoms with Crippen molar-refractivity contribution < 1.29 is 14.7 Å². The van der Waals surface area contributed by atoms with Crippen LogP contribution in [0.5, 0.6) is 0 Å². The summed E-state index contributed by atoms with van der Waals surface area (Å²) >= 11 is 0. The van der Waals surface area contributed by atoms with Gasteiger partial charge in [-0.25, -0.2) is 0 Å². The summed E-state index contributed by atoms with van der Waals surface area (Å²) in [6.07, 6.45) is 3.37. The average molecular weight is 176 g/mol. The Hall–Kier alpha value is -0.168. The van der Waals surface area contributed by atoms with Crippen LogP contribution in [0.1, 0.15) is 26.2 Å². The standard InChI is InChI=1S/C5H8O2.C2H6O.Al.3H/c6-4-2-1-3-5-7;1-2-3;;;;/h4-5H,1-3H2;3H,2H2,1H3;;;;. The molecule has 0 bridgehead atoms. The van der Waals surface area contributed by atoms with Crippen LogP contribution in [0.3, 0.4) is 0 Å². The summed E-state index contributed by atoms with van der Waals surface area (Å²) in [6.45, 7) is 1.93. The summed E-state index contributed by atoms with van der Waals surface area (Å²) < 4.78 is 0. The van der Waals surface area contributed by atoms with Crippen LogP contribution in [0.25, 0.3) is 0 Å². The molecule has 0 aromatic heterocycles. The quantitative estimate of drug-likeness (QED) is 0.352. The Morgan fingerprint density at radius 3 is 1.64 bits per heavy atom. The molecule has 0 aliphatic heterocycles. The summed E-state index contributed by atoms with van der Waals surface area (Å²) in [5, 5.41) is 7.57. The smallest absolute Gasteiger partial charge is 0.187 e. The van der Waals surface area contributed by atoms with Crippen molar-refractivity contribution in [2.45, 2.75) is 26.2 Å². The maximum atomic E-state index is 9.56. The topological polar surface area (TPSA) is 54.4 Å². The van der Waals surface area contributed by atoms with Crippen LogP contribution in [0.2, 0.25) is 0 Å². The number of aliphatic hydroxyl groups is 1. The summed E-state index contributed by atoms with van der Waals surface area (Å²) in [5.74, 6) is 0. The molecule has 0 atom stereocenters. The molecule has 11 heavy (non-hydrogen) atoms. The van der Waals surface area contributed by atoms with E-state index in [1.165, 1.54) is 0 Å². The number of carbonyl (C=O) groups excluding carboxylic acids is 2. The lowest BCUT2D eigenvalue weighted by Crippen LogP contribution is -1.76. The third kappa shape index (κ3) is 41.1. The molecule has 0 aliphatic carbocycles. The molecule has 0 fully saturated rings. The van der Waals surface area contributed by atoms with Crippen molar-refractivity contribution in [3.8, 4) is 0 Å². The van der Waals surface area contributed by atoms with Gasteiger partial charge in [-0.1, -0.05) is 0 Å². The van der Waals surface area contributed by atoms with Gasteiger partial charge in [0.2, 0.25) is 0 Å². The Balaban J connectivity index is -0.000000140. The van der Waals surface area contributed by atoms with Gasteiger partial charge in [-0.05, 0) is 13.3 Å². The van der Waals surface area contributed by atoms with Gasteiger partial charge in [-0.15, -0.1) is 0 Å². The Labute approximate surface area is 77.9 Å². The van der Waals surface area contributed by atoms with Crippen molar-refractivity contribution in [3.63, 3.8) is 0 Å². The van der Waals surface area contributed by atoms with Gasteiger partial charge >= 0.3 is 0 Å². The molecule has 0 heterocycles. The number of aliphatic hydroxyl groups excluding tert-OH is 1. The maximum Gasteiger partial charge on any atom is 0.187 e. The van der Waals surface area contributed by atoms with Crippen molar-refractivity contribution in [2.75, 3.05) is 6.61 Å². The molecular weight excluding hydrogens is 159 g/mol. The summed E-state index contributed by atoms with van der Waals surface area (Å²) in [6, 6.07) is 0. The van der Waals surface area contributed by atoms with Crippen molar-refractivity contribution >= 4 is 29.9 Å². The van der Waals surface area contributed by atoms with Gasteiger partial charge < -0.3 is 14.7 Å². The second kappa shape index (κ2) is 22.5. The van der Waals surface area contributed by atoms with Crippen molar-refractivity contribution in [1.29, 1.82) is 0 Å². The van der Waals surface area contributed by atoms with Gasteiger partial charge in [-0.2, -0.15) is 0 Å². The molecule has 0 amide bonds. The fourth-order valence-electron chi connectivity index (χ4n) is 0.285.